The van der Waals surface area contributed by atoms with Crippen LogP contribution in [-0.4, -0.2) is 27.2 Å². The molecule has 3 rings (SSSR count). The van der Waals surface area contributed by atoms with Crippen LogP contribution < -0.4 is 0 Å². The Balaban J connectivity index is 1.81. The van der Waals surface area contributed by atoms with Crippen molar-refractivity contribution in [1.29, 1.82) is 0 Å². The first kappa shape index (κ1) is 13.8. The van der Waals surface area contributed by atoms with Crippen molar-refractivity contribution in [3.63, 3.8) is 0 Å². The number of aliphatic hydroxyl groups is 1. The van der Waals surface area contributed by atoms with E-state index in [-0.39, 0.29) is 11.9 Å². The Kier molecular flexibility index (Phi) is 3.75. The van der Waals surface area contributed by atoms with Gasteiger partial charge >= 0.3 is 5.97 Å². The Labute approximate surface area is 123 Å². The molecule has 1 aliphatic rings. The molecule has 2 heterocycles. The van der Waals surface area contributed by atoms with Crippen molar-refractivity contribution < 1.29 is 14.6 Å². The van der Waals surface area contributed by atoms with Crippen molar-refractivity contribution in [3.8, 4) is 0 Å². The topological polar surface area (TPSA) is 64.4 Å². The second kappa shape index (κ2) is 5.69. The third kappa shape index (κ3) is 2.69. The minimum absolute atomic E-state index is 0.0388. The zero-order valence-corrected chi connectivity index (χ0v) is 11.8. The maximum Gasteiger partial charge on any atom is 0.312 e. The summed E-state index contributed by atoms with van der Waals surface area (Å²) in [6, 6.07) is 9.26. The van der Waals surface area contributed by atoms with Gasteiger partial charge in [0, 0.05) is 24.9 Å². The van der Waals surface area contributed by atoms with Gasteiger partial charge in [0.15, 0.2) is 0 Å². The number of benzene rings is 1. The Hall–Kier alpha value is -2.14. The molecule has 2 aromatic rings. The summed E-state index contributed by atoms with van der Waals surface area (Å²) in [6.07, 6.45) is 3.35. The second-order valence-corrected chi connectivity index (χ2v) is 5.47. The number of carbonyl (C=O) groups excluding carboxylic acids is 1. The zero-order chi connectivity index (χ0) is 14.8. The number of rotatable bonds is 4. The van der Waals surface area contributed by atoms with Crippen LogP contribution in [0.4, 0.5) is 0 Å². The molecule has 0 spiro atoms. The predicted octanol–water partition coefficient (Wildman–Crippen LogP) is 1.49. The molecule has 1 aliphatic heterocycles. The lowest BCUT2D eigenvalue weighted by molar-refractivity contribution is -0.144. The maximum atomic E-state index is 12.0. The first-order valence-corrected chi connectivity index (χ1v) is 7.01. The van der Waals surface area contributed by atoms with E-state index in [4.69, 9.17) is 4.74 Å². The monoisotopic (exact) mass is 286 g/mol. The fourth-order valence-electron chi connectivity index (χ4n) is 2.86. The van der Waals surface area contributed by atoms with Crippen LogP contribution in [0, 0.1) is 11.8 Å². The minimum atomic E-state index is -0.834. The zero-order valence-electron chi connectivity index (χ0n) is 11.8. The molecule has 3 unspecified atom stereocenters. The van der Waals surface area contributed by atoms with Gasteiger partial charge in [-0.3, -0.25) is 4.79 Å². The van der Waals surface area contributed by atoms with Crippen LogP contribution in [0.15, 0.2) is 42.9 Å². The molecule has 3 atom stereocenters. The molecule has 21 heavy (non-hydrogen) atoms. The number of cyclic esters (lactones) is 1. The van der Waals surface area contributed by atoms with Gasteiger partial charge in [-0.15, -0.1) is 0 Å². The molecule has 5 heteroatoms. The molecule has 1 aromatic heterocycles. The third-order valence-corrected chi connectivity index (χ3v) is 4.09. The van der Waals surface area contributed by atoms with Gasteiger partial charge in [-0.25, -0.2) is 4.98 Å². The number of aliphatic hydroxyl groups excluding tert-OH is 1. The van der Waals surface area contributed by atoms with Crippen molar-refractivity contribution in [3.05, 3.63) is 54.1 Å². The molecule has 1 saturated heterocycles. The largest absolute Gasteiger partial charge is 0.465 e. The summed E-state index contributed by atoms with van der Waals surface area (Å²) < 4.78 is 7.11. The normalized spacial score (nSPS) is 23.0. The van der Waals surface area contributed by atoms with E-state index in [1.807, 2.05) is 41.9 Å². The molecule has 0 bridgehead atoms. The number of imidazole rings is 1. The standard InChI is InChI=1S/C16H18N2O3/c1-18-10-17-8-13(18)7-12-9-21-16(20)14(12)15(19)11-5-3-2-4-6-11/h2-6,8,10,12,14-15,19H,7,9H2,1H3. The van der Waals surface area contributed by atoms with Crippen LogP contribution >= 0.6 is 0 Å². The number of nitrogens with zero attached hydrogens (tertiary/aromatic N) is 2. The Morgan fingerprint density at radius 3 is 2.86 bits per heavy atom. The highest BCUT2D eigenvalue weighted by atomic mass is 16.5. The lowest BCUT2D eigenvalue weighted by atomic mass is 9.84. The second-order valence-electron chi connectivity index (χ2n) is 5.47. The lowest BCUT2D eigenvalue weighted by Crippen LogP contribution is -2.26. The number of aromatic nitrogens is 2. The Morgan fingerprint density at radius 1 is 1.43 bits per heavy atom. The molecular formula is C16H18N2O3. The van der Waals surface area contributed by atoms with E-state index in [0.29, 0.717) is 13.0 Å². The van der Waals surface area contributed by atoms with Gasteiger partial charge in [-0.05, 0) is 12.0 Å². The third-order valence-electron chi connectivity index (χ3n) is 4.09. The summed E-state index contributed by atoms with van der Waals surface area (Å²) in [5, 5.41) is 10.5. The van der Waals surface area contributed by atoms with Crippen molar-refractivity contribution in [1.82, 2.24) is 9.55 Å². The summed E-state index contributed by atoms with van der Waals surface area (Å²) in [5.41, 5.74) is 1.78. The molecule has 110 valence electrons. The minimum Gasteiger partial charge on any atom is -0.465 e. The number of hydrogen-bond acceptors (Lipinski definition) is 4. The van der Waals surface area contributed by atoms with Crippen LogP contribution in [0.1, 0.15) is 17.4 Å². The van der Waals surface area contributed by atoms with Gasteiger partial charge in [-0.1, -0.05) is 30.3 Å². The molecular weight excluding hydrogens is 268 g/mol. The van der Waals surface area contributed by atoms with E-state index in [0.717, 1.165) is 11.3 Å². The van der Waals surface area contributed by atoms with Gasteiger partial charge in [0.1, 0.15) is 0 Å². The molecule has 1 N–H and O–H groups in total. The lowest BCUT2D eigenvalue weighted by Gasteiger charge is -2.21. The van der Waals surface area contributed by atoms with Crippen LogP contribution in [0.3, 0.4) is 0 Å². The summed E-state index contributed by atoms with van der Waals surface area (Å²) in [6.45, 7) is 0.346. The van der Waals surface area contributed by atoms with Gasteiger partial charge in [0.25, 0.3) is 0 Å². The maximum absolute atomic E-state index is 12.0. The van der Waals surface area contributed by atoms with Crippen LogP contribution in [0.2, 0.25) is 0 Å². The van der Waals surface area contributed by atoms with Crippen molar-refractivity contribution in [2.75, 3.05) is 6.61 Å². The quantitative estimate of drug-likeness (QED) is 0.865. The Morgan fingerprint density at radius 2 is 2.19 bits per heavy atom. The molecule has 0 radical (unpaired) electrons. The summed E-state index contributed by atoms with van der Waals surface area (Å²) in [5.74, 6) is -0.885. The molecule has 0 amide bonds. The summed E-state index contributed by atoms with van der Waals surface area (Å²) in [7, 11) is 1.92. The van der Waals surface area contributed by atoms with Crippen LogP contribution in [0.25, 0.3) is 0 Å². The molecule has 0 saturated carbocycles. The van der Waals surface area contributed by atoms with E-state index < -0.39 is 12.0 Å². The highest BCUT2D eigenvalue weighted by molar-refractivity contribution is 5.75. The van der Waals surface area contributed by atoms with E-state index in [9.17, 15) is 9.90 Å². The first-order chi connectivity index (χ1) is 10.2. The van der Waals surface area contributed by atoms with Gasteiger partial charge in [-0.2, -0.15) is 0 Å². The summed E-state index contributed by atoms with van der Waals surface area (Å²) >= 11 is 0. The summed E-state index contributed by atoms with van der Waals surface area (Å²) in [4.78, 5) is 16.1. The van der Waals surface area contributed by atoms with E-state index in [1.54, 1.807) is 12.5 Å². The van der Waals surface area contributed by atoms with E-state index in [2.05, 4.69) is 4.98 Å². The number of ether oxygens (including phenoxy) is 1. The number of hydrogen-bond donors (Lipinski definition) is 1. The molecule has 1 aromatic carbocycles. The van der Waals surface area contributed by atoms with Crippen LogP contribution in [-0.2, 0) is 23.0 Å². The highest BCUT2D eigenvalue weighted by Crippen LogP contribution is 2.35. The average molecular weight is 286 g/mol. The number of esters is 1. The molecule has 1 fully saturated rings. The predicted molar refractivity (Wildman–Crippen MR) is 76.3 cm³/mol. The molecule has 0 aliphatic carbocycles. The first-order valence-electron chi connectivity index (χ1n) is 7.01. The van der Waals surface area contributed by atoms with Gasteiger partial charge in [0.05, 0.1) is 25.0 Å². The van der Waals surface area contributed by atoms with Crippen molar-refractivity contribution >= 4 is 5.97 Å². The van der Waals surface area contributed by atoms with E-state index in [1.165, 1.54) is 0 Å². The SMILES string of the molecule is Cn1cncc1CC1COC(=O)C1C(O)c1ccccc1. The van der Waals surface area contributed by atoms with Gasteiger partial charge < -0.3 is 14.4 Å². The van der Waals surface area contributed by atoms with Crippen molar-refractivity contribution in [2.24, 2.45) is 18.9 Å². The Bertz CT molecular complexity index is 623. The number of aryl methyl sites for hydroxylation is 1. The van der Waals surface area contributed by atoms with Crippen molar-refractivity contribution in [2.45, 2.75) is 12.5 Å². The molecule has 5 nitrogen and oxygen atoms in total. The van der Waals surface area contributed by atoms with Crippen LogP contribution in [0.5, 0.6) is 0 Å². The fourth-order valence-corrected chi connectivity index (χ4v) is 2.86. The fraction of sp³-hybridized carbons (Fsp3) is 0.375. The van der Waals surface area contributed by atoms with Gasteiger partial charge in [0.2, 0.25) is 0 Å². The smallest absolute Gasteiger partial charge is 0.312 e. The highest BCUT2D eigenvalue weighted by Gasteiger charge is 2.42. The average Bonchev–Trinajstić information content (AvgIpc) is 3.06. The van der Waals surface area contributed by atoms with E-state index >= 15 is 0 Å². The number of carbonyl (C=O) groups is 1.